The van der Waals surface area contributed by atoms with Crippen molar-refractivity contribution in [2.75, 3.05) is 11.4 Å². The molecule has 0 bridgehead atoms. The molecule has 1 aliphatic rings. The van der Waals surface area contributed by atoms with Crippen molar-refractivity contribution in [3.8, 4) is 0 Å². The van der Waals surface area contributed by atoms with Gasteiger partial charge in [0.05, 0.1) is 6.54 Å². The third-order valence-corrected chi connectivity index (χ3v) is 3.19. The van der Waals surface area contributed by atoms with Gasteiger partial charge in [0.25, 0.3) is 0 Å². The Morgan fingerprint density at radius 1 is 1.44 bits per heavy atom. The summed E-state index contributed by atoms with van der Waals surface area (Å²) in [5.74, 6) is -0.543. The molecule has 5 nitrogen and oxygen atoms in total. The minimum atomic E-state index is -0.366. The minimum Gasteiger partial charge on any atom is -0.350 e. The molecule has 0 radical (unpaired) electrons. The van der Waals surface area contributed by atoms with Gasteiger partial charge in [0.1, 0.15) is 6.04 Å². The van der Waals surface area contributed by atoms with Gasteiger partial charge in [-0.1, -0.05) is 12.1 Å². The summed E-state index contributed by atoms with van der Waals surface area (Å²) >= 11 is 0. The van der Waals surface area contributed by atoms with Crippen LogP contribution in [0.25, 0.3) is 0 Å². The molecule has 0 aliphatic carbocycles. The average Bonchev–Trinajstić information content (AvgIpc) is 2.33. The molecule has 18 heavy (non-hydrogen) atoms. The van der Waals surface area contributed by atoms with Crippen LogP contribution in [0.1, 0.15) is 18.1 Å². The second-order valence-electron chi connectivity index (χ2n) is 4.55. The van der Waals surface area contributed by atoms with Crippen molar-refractivity contribution in [2.45, 2.75) is 26.4 Å². The first kappa shape index (κ1) is 12.6. The number of nitrogens with one attached hydrogen (secondary N) is 1. The number of nitrogens with zero attached hydrogens (tertiary/aromatic N) is 1. The SMILES string of the molecule is Cc1ccc(CN)c(N2CC(=O)NC(=O)C2C)c1. The van der Waals surface area contributed by atoms with Crippen molar-refractivity contribution in [2.24, 2.45) is 5.73 Å². The Balaban J connectivity index is 2.43. The Bertz CT molecular complexity index is 499. The number of amides is 2. The molecule has 0 spiro atoms. The zero-order chi connectivity index (χ0) is 13.3. The highest BCUT2D eigenvalue weighted by Gasteiger charge is 2.31. The smallest absolute Gasteiger partial charge is 0.249 e. The van der Waals surface area contributed by atoms with Gasteiger partial charge >= 0.3 is 0 Å². The molecule has 5 heteroatoms. The van der Waals surface area contributed by atoms with E-state index in [1.165, 1.54) is 0 Å². The normalized spacial score (nSPS) is 19.9. The number of piperazine rings is 1. The lowest BCUT2D eigenvalue weighted by molar-refractivity contribution is -0.132. The fourth-order valence-electron chi connectivity index (χ4n) is 2.12. The Kier molecular flexibility index (Phi) is 3.34. The molecule has 96 valence electrons. The molecule has 1 aliphatic heterocycles. The topological polar surface area (TPSA) is 75.4 Å². The molecule has 1 saturated heterocycles. The summed E-state index contributed by atoms with van der Waals surface area (Å²) in [6.45, 7) is 4.32. The van der Waals surface area contributed by atoms with E-state index in [-0.39, 0.29) is 24.4 Å². The third kappa shape index (κ3) is 2.22. The van der Waals surface area contributed by atoms with Crippen LogP contribution in [0.3, 0.4) is 0 Å². The van der Waals surface area contributed by atoms with Crippen LogP contribution in [0, 0.1) is 6.92 Å². The van der Waals surface area contributed by atoms with Crippen molar-refractivity contribution < 1.29 is 9.59 Å². The van der Waals surface area contributed by atoms with E-state index < -0.39 is 0 Å². The average molecular weight is 247 g/mol. The van der Waals surface area contributed by atoms with Crippen LogP contribution in [0.4, 0.5) is 5.69 Å². The van der Waals surface area contributed by atoms with E-state index in [0.29, 0.717) is 6.54 Å². The van der Waals surface area contributed by atoms with Crippen LogP contribution in [0.5, 0.6) is 0 Å². The van der Waals surface area contributed by atoms with Crippen LogP contribution < -0.4 is 16.0 Å². The zero-order valence-electron chi connectivity index (χ0n) is 10.6. The van der Waals surface area contributed by atoms with E-state index >= 15 is 0 Å². The van der Waals surface area contributed by atoms with Crippen LogP contribution in [-0.2, 0) is 16.1 Å². The van der Waals surface area contributed by atoms with Crippen LogP contribution in [0.2, 0.25) is 0 Å². The van der Waals surface area contributed by atoms with Crippen molar-refractivity contribution >= 4 is 17.5 Å². The summed E-state index contributed by atoms with van der Waals surface area (Å²) < 4.78 is 0. The highest BCUT2D eigenvalue weighted by Crippen LogP contribution is 2.25. The number of aryl methyl sites for hydroxylation is 1. The lowest BCUT2D eigenvalue weighted by Crippen LogP contribution is -2.57. The van der Waals surface area contributed by atoms with Crippen LogP contribution in [0.15, 0.2) is 18.2 Å². The van der Waals surface area contributed by atoms with Gasteiger partial charge in [-0.25, -0.2) is 0 Å². The van der Waals surface area contributed by atoms with Gasteiger partial charge in [-0.2, -0.15) is 0 Å². The lowest BCUT2D eigenvalue weighted by Gasteiger charge is -2.35. The number of carbonyl (C=O) groups excluding carboxylic acids is 2. The van der Waals surface area contributed by atoms with E-state index in [2.05, 4.69) is 5.32 Å². The summed E-state index contributed by atoms with van der Waals surface area (Å²) in [7, 11) is 0. The first-order valence-electron chi connectivity index (χ1n) is 5.93. The van der Waals surface area contributed by atoms with Gasteiger partial charge in [-0.05, 0) is 31.0 Å². The maximum Gasteiger partial charge on any atom is 0.249 e. The number of rotatable bonds is 2. The summed E-state index contributed by atoms with van der Waals surface area (Å²) in [5.41, 5.74) is 8.60. The Morgan fingerprint density at radius 2 is 2.17 bits per heavy atom. The number of benzene rings is 1. The fraction of sp³-hybridized carbons (Fsp3) is 0.385. The van der Waals surface area contributed by atoms with Gasteiger partial charge in [0.15, 0.2) is 0 Å². The zero-order valence-corrected chi connectivity index (χ0v) is 10.6. The molecule has 1 unspecified atom stereocenters. The monoisotopic (exact) mass is 247 g/mol. The van der Waals surface area contributed by atoms with Gasteiger partial charge in [-0.15, -0.1) is 0 Å². The Hall–Kier alpha value is -1.88. The van der Waals surface area contributed by atoms with E-state index in [1.54, 1.807) is 11.8 Å². The second kappa shape index (κ2) is 4.78. The standard InChI is InChI=1S/C13H17N3O2/c1-8-3-4-10(6-14)11(5-8)16-7-12(17)15-13(18)9(16)2/h3-5,9H,6-7,14H2,1-2H3,(H,15,17,18). The van der Waals surface area contributed by atoms with Crippen molar-refractivity contribution in [1.29, 1.82) is 0 Å². The number of carbonyl (C=O) groups is 2. The molecule has 1 atom stereocenters. The lowest BCUT2D eigenvalue weighted by atomic mass is 10.1. The number of anilines is 1. The molecule has 0 aromatic heterocycles. The third-order valence-electron chi connectivity index (χ3n) is 3.19. The van der Waals surface area contributed by atoms with Crippen molar-refractivity contribution in [3.05, 3.63) is 29.3 Å². The maximum absolute atomic E-state index is 11.7. The summed E-state index contributed by atoms with van der Waals surface area (Å²) in [6.07, 6.45) is 0. The molecule has 1 heterocycles. The Labute approximate surface area is 106 Å². The number of nitrogens with two attached hydrogens (primary N) is 1. The van der Waals surface area contributed by atoms with Crippen LogP contribution in [-0.4, -0.2) is 24.4 Å². The predicted octanol–water partition coefficient (Wildman–Crippen LogP) is 0.305. The Morgan fingerprint density at radius 3 is 2.83 bits per heavy atom. The molecular weight excluding hydrogens is 230 g/mol. The molecule has 2 rings (SSSR count). The minimum absolute atomic E-state index is 0.184. The largest absolute Gasteiger partial charge is 0.350 e. The highest BCUT2D eigenvalue weighted by molar-refractivity contribution is 6.04. The molecule has 1 fully saturated rings. The van der Waals surface area contributed by atoms with Gasteiger partial charge in [0, 0.05) is 12.2 Å². The summed E-state index contributed by atoms with van der Waals surface area (Å²) in [4.78, 5) is 25.0. The molecule has 0 saturated carbocycles. The van der Waals surface area contributed by atoms with Crippen molar-refractivity contribution in [3.63, 3.8) is 0 Å². The van der Waals surface area contributed by atoms with E-state index in [0.717, 1.165) is 16.8 Å². The first-order valence-corrected chi connectivity index (χ1v) is 5.93. The van der Waals surface area contributed by atoms with Gasteiger partial charge in [-0.3, -0.25) is 14.9 Å². The molecule has 3 N–H and O–H groups in total. The van der Waals surface area contributed by atoms with Crippen LogP contribution >= 0.6 is 0 Å². The summed E-state index contributed by atoms with van der Waals surface area (Å²) in [5, 5.41) is 2.33. The van der Waals surface area contributed by atoms with E-state index in [4.69, 9.17) is 5.73 Å². The second-order valence-corrected chi connectivity index (χ2v) is 4.55. The van der Waals surface area contributed by atoms with E-state index in [1.807, 2.05) is 25.1 Å². The quantitative estimate of drug-likeness (QED) is 0.737. The molecular formula is C13H17N3O2. The number of hydrogen-bond acceptors (Lipinski definition) is 4. The predicted molar refractivity (Wildman–Crippen MR) is 69.0 cm³/mol. The van der Waals surface area contributed by atoms with Gasteiger partial charge in [0.2, 0.25) is 11.8 Å². The fourth-order valence-corrected chi connectivity index (χ4v) is 2.12. The molecule has 1 aromatic carbocycles. The van der Waals surface area contributed by atoms with E-state index in [9.17, 15) is 9.59 Å². The van der Waals surface area contributed by atoms with Gasteiger partial charge < -0.3 is 10.6 Å². The highest BCUT2D eigenvalue weighted by atomic mass is 16.2. The molecule has 1 aromatic rings. The number of hydrogen-bond donors (Lipinski definition) is 2. The van der Waals surface area contributed by atoms with Crippen molar-refractivity contribution in [1.82, 2.24) is 5.32 Å². The maximum atomic E-state index is 11.7. The molecule has 2 amide bonds. The first-order chi connectivity index (χ1) is 8.52. The summed E-state index contributed by atoms with van der Waals surface area (Å²) in [6, 6.07) is 5.51. The number of imide groups is 1.